The lowest BCUT2D eigenvalue weighted by molar-refractivity contribution is 0.199. The molecule has 3 heteroatoms. The van der Waals surface area contributed by atoms with E-state index in [1.54, 1.807) is 24.3 Å². The zero-order valence-corrected chi connectivity index (χ0v) is 6.99. The van der Waals surface area contributed by atoms with E-state index in [4.69, 9.17) is 0 Å². The molecule has 12 heavy (non-hydrogen) atoms. The van der Waals surface area contributed by atoms with E-state index in [1.165, 1.54) is 0 Å². The molecule has 1 aromatic carbocycles. The number of rotatable bonds is 3. The highest BCUT2D eigenvalue weighted by atomic mass is 16.3. The van der Waals surface area contributed by atoms with Gasteiger partial charge in [-0.3, -0.25) is 0 Å². The first-order chi connectivity index (χ1) is 5.74. The van der Waals surface area contributed by atoms with Crippen molar-refractivity contribution < 1.29 is 10.2 Å². The Morgan fingerprint density at radius 3 is 2.67 bits per heavy atom. The molecule has 3 N–H and O–H groups in total. The minimum absolute atomic E-state index is 0.157. The molecule has 0 saturated carbocycles. The third-order valence-corrected chi connectivity index (χ3v) is 1.61. The van der Waals surface area contributed by atoms with Crippen LogP contribution in [0.2, 0.25) is 0 Å². The van der Waals surface area contributed by atoms with Gasteiger partial charge in [0.25, 0.3) is 0 Å². The number of anilines is 1. The largest absolute Gasteiger partial charge is 0.506 e. The van der Waals surface area contributed by atoms with Gasteiger partial charge in [0, 0.05) is 0 Å². The van der Waals surface area contributed by atoms with Gasteiger partial charge in [-0.15, -0.1) is 0 Å². The average Bonchev–Trinajstić information content (AvgIpc) is 2.09. The molecule has 0 spiro atoms. The normalized spacial score (nSPS) is 12.5. The van der Waals surface area contributed by atoms with Crippen molar-refractivity contribution in [3.63, 3.8) is 0 Å². The summed E-state index contributed by atoms with van der Waals surface area (Å²) in [5.41, 5.74) is 0.562. The molecule has 0 aliphatic rings. The van der Waals surface area contributed by atoms with E-state index >= 15 is 0 Å². The number of hydrogen-bond acceptors (Lipinski definition) is 3. The molecule has 0 heterocycles. The van der Waals surface area contributed by atoms with Gasteiger partial charge in [0.1, 0.15) is 12.0 Å². The van der Waals surface area contributed by atoms with E-state index in [1.807, 2.05) is 6.92 Å². The monoisotopic (exact) mass is 167 g/mol. The molecule has 0 aliphatic carbocycles. The number of phenols is 1. The highest BCUT2D eigenvalue weighted by Gasteiger charge is 2.02. The van der Waals surface area contributed by atoms with Gasteiger partial charge >= 0.3 is 0 Å². The maximum absolute atomic E-state index is 9.28. The minimum Gasteiger partial charge on any atom is -0.506 e. The molecule has 1 unspecified atom stereocenters. The Labute approximate surface area is 71.7 Å². The Balaban J connectivity index is 2.69. The lowest BCUT2D eigenvalue weighted by atomic mass is 10.3. The Kier molecular flexibility index (Phi) is 2.94. The lowest BCUT2D eigenvalue weighted by Gasteiger charge is -2.12. The molecular formula is C9H13NO2. The molecule has 1 aromatic rings. The molecule has 1 rings (SSSR count). The summed E-state index contributed by atoms with van der Waals surface area (Å²) >= 11 is 0. The van der Waals surface area contributed by atoms with Crippen molar-refractivity contribution in [2.45, 2.75) is 19.6 Å². The molecule has 0 radical (unpaired) electrons. The molecule has 0 saturated heterocycles. The molecular weight excluding hydrogens is 154 g/mol. The molecule has 0 amide bonds. The number of hydrogen-bond donors (Lipinski definition) is 3. The Morgan fingerprint density at radius 2 is 2.08 bits per heavy atom. The Bertz CT molecular complexity index is 250. The first kappa shape index (κ1) is 8.87. The van der Waals surface area contributed by atoms with Gasteiger partial charge in [0.2, 0.25) is 0 Å². The molecule has 0 fully saturated rings. The van der Waals surface area contributed by atoms with Crippen LogP contribution in [0.25, 0.3) is 0 Å². The molecule has 0 aromatic heterocycles. The fourth-order valence-electron chi connectivity index (χ4n) is 0.877. The molecule has 3 nitrogen and oxygen atoms in total. The third kappa shape index (κ3) is 2.13. The van der Waals surface area contributed by atoms with Crippen LogP contribution in [-0.2, 0) is 0 Å². The number of phenolic OH excluding ortho intramolecular Hbond substituents is 1. The Hall–Kier alpha value is -1.22. The molecule has 0 bridgehead atoms. The summed E-state index contributed by atoms with van der Waals surface area (Å²) in [7, 11) is 0. The van der Waals surface area contributed by atoms with Gasteiger partial charge in [0.15, 0.2) is 0 Å². The van der Waals surface area contributed by atoms with Crippen molar-refractivity contribution in [2.24, 2.45) is 0 Å². The minimum atomic E-state index is -0.599. The van der Waals surface area contributed by atoms with Crippen molar-refractivity contribution in [1.82, 2.24) is 0 Å². The summed E-state index contributed by atoms with van der Waals surface area (Å²) < 4.78 is 0. The van der Waals surface area contributed by atoms with Crippen LogP contribution >= 0.6 is 0 Å². The van der Waals surface area contributed by atoms with E-state index in [0.29, 0.717) is 12.1 Å². The van der Waals surface area contributed by atoms with Crippen LogP contribution in [0.1, 0.15) is 13.3 Å². The zero-order chi connectivity index (χ0) is 8.97. The van der Waals surface area contributed by atoms with Gasteiger partial charge in [-0.1, -0.05) is 19.1 Å². The van der Waals surface area contributed by atoms with E-state index < -0.39 is 6.23 Å². The van der Waals surface area contributed by atoms with Crippen molar-refractivity contribution in [2.75, 3.05) is 5.32 Å². The van der Waals surface area contributed by atoms with Gasteiger partial charge < -0.3 is 15.5 Å². The van der Waals surface area contributed by atoms with Crippen LogP contribution in [0.15, 0.2) is 24.3 Å². The standard InChI is InChI=1S/C9H13NO2/c1-2-9(12)10-7-5-3-4-6-8(7)11/h3-6,9-12H,2H2,1H3. The van der Waals surface area contributed by atoms with Crippen molar-refractivity contribution in [1.29, 1.82) is 0 Å². The van der Waals surface area contributed by atoms with Crippen LogP contribution in [0.4, 0.5) is 5.69 Å². The van der Waals surface area contributed by atoms with E-state index in [2.05, 4.69) is 5.32 Å². The quantitative estimate of drug-likeness (QED) is 0.472. The first-order valence-corrected chi connectivity index (χ1v) is 3.96. The number of para-hydroxylation sites is 2. The topological polar surface area (TPSA) is 52.5 Å². The maximum atomic E-state index is 9.28. The molecule has 1 atom stereocenters. The first-order valence-electron chi connectivity index (χ1n) is 3.96. The maximum Gasteiger partial charge on any atom is 0.138 e. The summed E-state index contributed by atoms with van der Waals surface area (Å²) in [6.07, 6.45) is 0.00669. The smallest absolute Gasteiger partial charge is 0.138 e. The second-order valence-corrected chi connectivity index (χ2v) is 2.59. The van der Waals surface area contributed by atoms with Crippen LogP contribution in [-0.4, -0.2) is 16.4 Å². The van der Waals surface area contributed by atoms with Crippen molar-refractivity contribution in [3.05, 3.63) is 24.3 Å². The van der Waals surface area contributed by atoms with Crippen LogP contribution in [0.5, 0.6) is 5.75 Å². The second kappa shape index (κ2) is 3.97. The van der Waals surface area contributed by atoms with E-state index in [0.717, 1.165) is 0 Å². The number of nitrogens with one attached hydrogen (secondary N) is 1. The summed E-state index contributed by atoms with van der Waals surface area (Å²) in [6, 6.07) is 6.82. The van der Waals surface area contributed by atoms with E-state index in [-0.39, 0.29) is 5.75 Å². The number of benzene rings is 1. The molecule has 66 valence electrons. The summed E-state index contributed by atoms with van der Waals surface area (Å²) in [5.74, 6) is 0.157. The lowest BCUT2D eigenvalue weighted by Crippen LogP contribution is -2.16. The SMILES string of the molecule is CCC(O)Nc1ccccc1O. The zero-order valence-electron chi connectivity index (χ0n) is 6.99. The van der Waals surface area contributed by atoms with Crippen LogP contribution < -0.4 is 5.32 Å². The highest BCUT2D eigenvalue weighted by Crippen LogP contribution is 2.22. The summed E-state index contributed by atoms with van der Waals surface area (Å²) in [6.45, 7) is 1.86. The van der Waals surface area contributed by atoms with Crippen LogP contribution in [0.3, 0.4) is 0 Å². The second-order valence-electron chi connectivity index (χ2n) is 2.59. The predicted octanol–water partition coefficient (Wildman–Crippen LogP) is 1.53. The number of aromatic hydroxyl groups is 1. The summed E-state index contributed by atoms with van der Waals surface area (Å²) in [5, 5.41) is 21.3. The van der Waals surface area contributed by atoms with Gasteiger partial charge in [-0.05, 0) is 18.6 Å². The van der Waals surface area contributed by atoms with Gasteiger partial charge in [-0.2, -0.15) is 0 Å². The molecule has 0 aliphatic heterocycles. The number of aliphatic hydroxyl groups is 1. The van der Waals surface area contributed by atoms with Crippen molar-refractivity contribution >= 4 is 5.69 Å². The third-order valence-electron chi connectivity index (χ3n) is 1.61. The highest BCUT2D eigenvalue weighted by molar-refractivity contribution is 5.55. The average molecular weight is 167 g/mol. The Morgan fingerprint density at radius 1 is 1.42 bits per heavy atom. The number of aliphatic hydroxyl groups excluding tert-OH is 1. The van der Waals surface area contributed by atoms with E-state index in [9.17, 15) is 10.2 Å². The van der Waals surface area contributed by atoms with Crippen LogP contribution in [0, 0.1) is 0 Å². The summed E-state index contributed by atoms with van der Waals surface area (Å²) in [4.78, 5) is 0. The fraction of sp³-hybridized carbons (Fsp3) is 0.333. The van der Waals surface area contributed by atoms with Crippen molar-refractivity contribution in [3.8, 4) is 5.75 Å². The van der Waals surface area contributed by atoms with Gasteiger partial charge in [-0.25, -0.2) is 0 Å². The predicted molar refractivity (Wildman–Crippen MR) is 48.0 cm³/mol. The van der Waals surface area contributed by atoms with Gasteiger partial charge in [0.05, 0.1) is 5.69 Å². The fourth-order valence-corrected chi connectivity index (χ4v) is 0.877.